The molecule has 142 valence electrons. The lowest BCUT2D eigenvalue weighted by atomic mass is 10.1. The van der Waals surface area contributed by atoms with E-state index in [2.05, 4.69) is 10.6 Å². The number of nitrogens with one attached hydrogen (secondary N) is 2. The second kappa shape index (κ2) is 8.81. The standard InChI is InChI=1S/C22H19FN2O3/c1-15-6-10-18(11-7-15)25-22(27)19-4-2-3-5-20(19)28-14-21(26)24-17-12-8-16(23)9-13-17/h2-13H,14H2,1H3,(H,24,26)(H,25,27). The molecule has 0 saturated carbocycles. The van der Waals surface area contributed by atoms with Crippen LogP contribution >= 0.6 is 0 Å². The largest absolute Gasteiger partial charge is 0.483 e. The van der Waals surface area contributed by atoms with E-state index in [1.165, 1.54) is 24.3 Å². The SMILES string of the molecule is Cc1ccc(NC(=O)c2ccccc2OCC(=O)Nc2ccc(F)cc2)cc1. The summed E-state index contributed by atoms with van der Waals surface area (Å²) in [5.41, 5.74) is 2.53. The van der Waals surface area contributed by atoms with E-state index in [1.54, 1.807) is 24.3 Å². The van der Waals surface area contributed by atoms with Crippen LogP contribution in [0.4, 0.5) is 15.8 Å². The Morgan fingerprint density at radius 1 is 0.857 bits per heavy atom. The van der Waals surface area contributed by atoms with Gasteiger partial charge in [-0.3, -0.25) is 9.59 Å². The third-order valence-corrected chi connectivity index (χ3v) is 3.93. The van der Waals surface area contributed by atoms with Gasteiger partial charge in [-0.05, 0) is 55.5 Å². The molecule has 0 saturated heterocycles. The summed E-state index contributed by atoms with van der Waals surface area (Å²) in [6.45, 7) is 1.68. The fraction of sp³-hybridized carbons (Fsp3) is 0.0909. The number of ether oxygens (including phenoxy) is 1. The van der Waals surface area contributed by atoms with E-state index in [0.29, 0.717) is 22.7 Å². The van der Waals surface area contributed by atoms with Crippen LogP contribution in [0.5, 0.6) is 5.75 Å². The number of hydrogen-bond acceptors (Lipinski definition) is 3. The fourth-order valence-corrected chi connectivity index (χ4v) is 2.49. The number of para-hydroxylation sites is 1. The Bertz CT molecular complexity index is 970. The van der Waals surface area contributed by atoms with Crippen molar-refractivity contribution in [2.75, 3.05) is 17.2 Å². The first-order chi connectivity index (χ1) is 13.5. The fourth-order valence-electron chi connectivity index (χ4n) is 2.49. The molecule has 0 aliphatic carbocycles. The molecule has 0 radical (unpaired) electrons. The van der Waals surface area contributed by atoms with Crippen LogP contribution in [0.1, 0.15) is 15.9 Å². The van der Waals surface area contributed by atoms with Crippen molar-refractivity contribution in [1.82, 2.24) is 0 Å². The molecule has 28 heavy (non-hydrogen) atoms. The van der Waals surface area contributed by atoms with Crippen molar-refractivity contribution in [3.8, 4) is 5.75 Å². The summed E-state index contributed by atoms with van der Waals surface area (Å²) in [7, 11) is 0. The lowest BCUT2D eigenvalue weighted by Crippen LogP contribution is -2.21. The molecule has 6 heteroatoms. The van der Waals surface area contributed by atoms with Gasteiger partial charge in [-0.1, -0.05) is 29.8 Å². The number of carbonyl (C=O) groups is 2. The highest BCUT2D eigenvalue weighted by Crippen LogP contribution is 2.20. The maximum Gasteiger partial charge on any atom is 0.262 e. The third-order valence-electron chi connectivity index (χ3n) is 3.93. The molecule has 0 fully saturated rings. The average molecular weight is 378 g/mol. The topological polar surface area (TPSA) is 67.4 Å². The highest BCUT2D eigenvalue weighted by Gasteiger charge is 2.14. The number of hydrogen-bond donors (Lipinski definition) is 2. The van der Waals surface area contributed by atoms with Gasteiger partial charge in [-0.2, -0.15) is 0 Å². The van der Waals surface area contributed by atoms with Crippen LogP contribution in [0.25, 0.3) is 0 Å². The molecule has 0 aliphatic heterocycles. The van der Waals surface area contributed by atoms with Crippen molar-refractivity contribution in [3.05, 3.63) is 89.7 Å². The number of anilines is 2. The summed E-state index contributed by atoms with van der Waals surface area (Å²) >= 11 is 0. The Morgan fingerprint density at radius 3 is 2.18 bits per heavy atom. The summed E-state index contributed by atoms with van der Waals surface area (Å²) in [6.07, 6.45) is 0. The van der Waals surface area contributed by atoms with Crippen molar-refractivity contribution < 1.29 is 18.7 Å². The molecule has 0 aliphatic rings. The Balaban J connectivity index is 1.63. The Labute approximate surface area is 162 Å². The Morgan fingerprint density at radius 2 is 1.46 bits per heavy atom. The summed E-state index contributed by atoms with van der Waals surface area (Å²) in [6, 6.07) is 19.5. The number of carbonyl (C=O) groups excluding carboxylic acids is 2. The first kappa shape index (κ1) is 19.1. The summed E-state index contributed by atoms with van der Waals surface area (Å²) in [4.78, 5) is 24.6. The van der Waals surface area contributed by atoms with E-state index in [0.717, 1.165) is 5.56 Å². The van der Waals surface area contributed by atoms with Gasteiger partial charge in [0.2, 0.25) is 0 Å². The highest BCUT2D eigenvalue weighted by atomic mass is 19.1. The van der Waals surface area contributed by atoms with Crippen LogP contribution in [0.3, 0.4) is 0 Å². The number of benzene rings is 3. The molecular weight excluding hydrogens is 359 g/mol. The maximum absolute atomic E-state index is 12.9. The molecule has 3 rings (SSSR count). The van der Waals surface area contributed by atoms with Gasteiger partial charge in [0.1, 0.15) is 11.6 Å². The van der Waals surface area contributed by atoms with Gasteiger partial charge < -0.3 is 15.4 Å². The van der Waals surface area contributed by atoms with E-state index in [4.69, 9.17) is 4.74 Å². The average Bonchev–Trinajstić information content (AvgIpc) is 2.70. The van der Waals surface area contributed by atoms with Crippen molar-refractivity contribution in [2.45, 2.75) is 6.92 Å². The minimum absolute atomic E-state index is 0.286. The smallest absolute Gasteiger partial charge is 0.262 e. The van der Waals surface area contributed by atoms with Crippen LogP contribution in [0.2, 0.25) is 0 Å². The van der Waals surface area contributed by atoms with Gasteiger partial charge in [0, 0.05) is 11.4 Å². The van der Waals surface area contributed by atoms with Crippen LogP contribution < -0.4 is 15.4 Å². The Kier molecular flexibility index (Phi) is 6.01. The Hall–Kier alpha value is -3.67. The lowest BCUT2D eigenvalue weighted by molar-refractivity contribution is -0.118. The van der Waals surface area contributed by atoms with Crippen molar-refractivity contribution in [1.29, 1.82) is 0 Å². The van der Waals surface area contributed by atoms with Crippen LogP contribution in [-0.2, 0) is 4.79 Å². The van der Waals surface area contributed by atoms with Crippen molar-refractivity contribution in [3.63, 3.8) is 0 Å². The highest BCUT2D eigenvalue weighted by molar-refractivity contribution is 6.06. The predicted octanol–water partition coefficient (Wildman–Crippen LogP) is 4.40. The number of amides is 2. The van der Waals surface area contributed by atoms with E-state index < -0.39 is 5.91 Å². The first-order valence-corrected chi connectivity index (χ1v) is 8.66. The molecule has 2 N–H and O–H groups in total. The van der Waals surface area contributed by atoms with E-state index in [9.17, 15) is 14.0 Å². The van der Waals surface area contributed by atoms with Crippen molar-refractivity contribution in [2.24, 2.45) is 0 Å². The van der Waals surface area contributed by atoms with Gasteiger partial charge in [0.25, 0.3) is 11.8 Å². The van der Waals surface area contributed by atoms with Gasteiger partial charge in [0.15, 0.2) is 6.61 Å². The summed E-state index contributed by atoms with van der Waals surface area (Å²) in [5, 5.41) is 5.41. The molecule has 5 nitrogen and oxygen atoms in total. The molecule has 0 bridgehead atoms. The van der Waals surface area contributed by atoms with E-state index in [1.807, 2.05) is 31.2 Å². The number of rotatable bonds is 6. The molecule has 0 spiro atoms. The maximum atomic E-state index is 12.9. The van der Waals surface area contributed by atoms with Crippen LogP contribution in [0.15, 0.2) is 72.8 Å². The monoisotopic (exact) mass is 378 g/mol. The van der Waals surface area contributed by atoms with Gasteiger partial charge in [-0.15, -0.1) is 0 Å². The minimum Gasteiger partial charge on any atom is -0.483 e. The van der Waals surface area contributed by atoms with Crippen LogP contribution in [-0.4, -0.2) is 18.4 Å². The summed E-state index contributed by atoms with van der Waals surface area (Å²) in [5.74, 6) is -0.845. The first-order valence-electron chi connectivity index (χ1n) is 8.66. The predicted molar refractivity (Wildman–Crippen MR) is 106 cm³/mol. The molecule has 3 aromatic rings. The molecule has 2 amide bonds. The van der Waals surface area contributed by atoms with Gasteiger partial charge in [-0.25, -0.2) is 4.39 Å². The number of aryl methyl sites for hydroxylation is 1. The molecule has 0 heterocycles. The molecule has 0 unspecified atom stereocenters. The molecule has 3 aromatic carbocycles. The normalized spacial score (nSPS) is 10.2. The zero-order valence-corrected chi connectivity index (χ0v) is 15.2. The second-order valence-corrected chi connectivity index (χ2v) is 6.16. The van der Waals surface area contributed by atoms with Crippen LogP contribution in [0, 0.1) is 12.7 Å². The zero-order valence-electron chi connectivity index (χ0n) is 15.2. The summed E-state index contributed by atoms with van der Waals surface area (Å²) < 4.78 is 18.4. The second-order valence-electron chi connectivity index (χ2n) is 6.16. The van der Waals surface area contributed by atoms with Gasteiger partial charge in [0.05, 0.1) is 5.56 Å². The lowest BCUT2D eigenvalue weighted by Gasteiger charge is -2.12. The quantitative estimate of drug-likeness (QED) is 0.668. The third kappa shape index (κ3) is 5.17. The van der Waals surface area contributed by atoms with E-state index >= 15 is 0 Å². The minimum atomic E-state index is -0.416. The van der Waals surface area contributed by atoms with E-state index in [-0.39, 0.29) is 18.3 Å². The zero-order chi connectivity index (χ0) is 19.9. The number of halogens is 1. The molecule has 0 atom stereocenters. The molecular formula is C22H19FN2O3. The van der Waals surface area contributed by atoms with Gasteiger partial charge >= 0.3 is 0 Å². The van der Waals surface area contributed by atoms with Crippen molar-refractivity contribution >= 4 is 23.2 Å². The molecule has 0 aromatic heterocycles.